The van der Waals surface area contributed by atoms with Crippen LogP contribution in [-0.2, 0) is 11.3 Å². The Hall–Kier alpha value is -3.20. The zero-order chi connectivity index (χ0) is 26.4. The zero-order valence-electron chi connectivity index (χ0n) is 21.7. The largest absolute Gasteiger partial charge is 0.474 e. The van der Waals surface area contributed by atoms with Crippen LogP contribution in [0.2, 0.25) is 0 Å². The molecule has 1 saturated heterocycles. The quantitative estimate of drug-likeness (QED) is 0.552. The lowest BCUT2D eigenvalue weighted by atomic mass is 9.86. The molecule has 2 aliphatic rings. The van der Waals surface area contributed by atoms with Crippen LogP contribution in [-0.4, -0.2) is 70.7 Å². The Labute approximate surface area is 218 Å². The van der Waals surface area contributed by atoms with Crippen molar-refractivity contribution >= 4 is 17.7 Å². The second-order valence-electron chi connectivity index (χ2n) is 10.1. The predicted octanol–water partition coefficient (Wildman–Crippen LogP) is 4.71. The van der Waals surface area contributed by atoms with E-state index in [1.165, 1.54) is 22.6 Å². The molecule has 1 aliphatic heterocycles. The van der Waals surface area contributed by atoms with E-state index in [0.717, 1.165) is 69.2 Å². The van der Waals surface area contributed by atoms with Crippen LogP contribution in [0, 0.1) is 18.7 Å². The minimum Gasteiger partial charge on any atom is -0.474 e. The van der Waals surface area contributed by atoms with Gasteiger partial charge >= 0.3 is 6.09 Å². The number of ether oxygens (including phenoxy) is 1. The Bertz CT molecular complexity index is 1060. The van der Waals surface area contributed by atoms with Crippen molar-refractivity contribution in [3.05, 3.63) is 53.5 Å². The standard InChI is InChI=1S/C28H37FN4O4/c1-3-12-33(27(34)21-5-9-25(10-6-21)37-26-11-7-23(29)18-30-26)24-8-4-22(20(2)17-24)19-31-13-15-32(16-14-31)28(35)36/h4,7-8,11,17-18,21,25H,3,5-6,9-10,12-16,19H2,1-2H3,(H,35,36). The van der Waals surface area contributed by atoms with Crippen molar-refractivity contribution < 1.29 is 23.8 Å². The number of amides is 2. The molecule has 1 aliphatic carbocycles. The molecule has 37 heavy (non-hydrogen) atoms. The van der Waals surface area contributed by atoms with Crippen LogP contribution >= 0.6 is 0 Å². The number of aryl methyl sites for hydroxylation is 1. The van der Waals surface area contributed by atoms with E-state index in [4.69, 9.17) is 9.84 Å². The van der Waals surface area contributed by atoms with Gasteiger partial charge in [0.15, 0.2) is 0 Å². The maximum atomic E-state index is 13.6. The van der Waals surface area contributed by atoms with Gasteiger partial charge in [0.1, 0.15) is 11.9 Å². The number of benzene rings is 1. The van der Waals surface area contributed by atoms with Crippen molar-refractivity contribution in [2.45, 2.75) is 58.6 Å². The molecule has 1 saturated carbocycles. The number of rotatable bonds is 8. The normalized spacial score (nSPS) is 20.5. The number of pyridine rings is 1. The van der Waals surface area contributed by atoms with E-state index in [9.17, 15) is 14.0 Å². The fourth-order valence-corrected chi connectivity index (χ4v) is 5.20. The number of piperazine rings is 1. The van der Waals surface area contributed by atoms with E-state index in [-0.39, 0.29) is 23.7 Å². The van der Waals surface area contributed by atoms with E-state index >= 15 is 0 Å². The maximum absolute atomic E-state index is 13.6. The average molecular weight is 513 g/mol. The minimum atomic E-state index is -0.855. The number of hydrogen-bond donors (Lipinski definition) is 1. The summed E-state index contributed by atoms with van der Waals surface area (Å²) in [7, 11) is 0. The summed E-state index contributed by atoms with van der Waals surface area (Å²) in [4.78, 5) is 34.4. The average Bonchev–Trinajstić information content (AvgIpc) is 2.90. The number of hydrogen-bond acceptors (Lipinski definition) is 5. The highest BCUT2D eigenvalue weighted by Gasteiger charge is 2.31. The van der Waals surface area contributed by atoms with E-state index in [0.29, 0.717) is 25.5 Å². The lowest BCUT2D eigenvalue weighted by molar-refractivity contribution is -0.123. The van der Waals surface area contributed by atoms with Gasteiger partial charge in [-0.25, -0.2) is 14.2 Å². The van der Waals surface area contributed by atoms with Crippen molar-refractivity contribution in [3.8, 4) is 5.88 Å². The van der Waals surface area contributed by atoms with Crippen molar-refractivity contribution in [2.24, 2.45) is 5.92 Å². The molecule has 0 atom stereocenters. The zero-order valence-corrected chi connectivity index (χ0v) is 21.7. The highest BCUT2D eigenvalue weighted by molar-refractivity contribution is 5.95. The molecule has 0 spiro atoms. The van der Waals surface area contributed by atoms with Crippen molar-refractivity contribution in [2.75, 3.05) is 37.6 Å². The van der Waals surface area contributed by atoms with Gasteiger partial charge in [-0.2, -0.15) is 0 Å². The van der Waals surface area contributed by atoms with Gasteiger partial charge in [-0.05, 0) is 68.4 Å². The van der Waals surface area contributed by atoms with Gasteiger partial charge in [-0.1, -0.05) is 13.0 Å². The van der Waals surface area contributed by atoms with Gasteiger partial charge in [0.25, 0.3) is 0 Å². The highest BCUT2D eigenvalue weighted by atomic mass is 19.1. The predicted molar refractivity (Wildman–Crippen MR) is 139 cm³/mol. The first-order valence-corrected chi connectivity index (χ1v) is 13.2. The molecule has 2 fully saturated rings. The fourth-order valence-electron chi connectivity index (χ4n) is 5.20. The Balaban J connectivity index is 1.34. The van der Waals surface area contributed by atoms with Crippen LogP contribution in [0.1, 0.15) is 50.2 Å². The molecule has 8 nitrogen and oxygen atoms in total. The van der Waals surface area contributed by atoms with Crippen LogP contribution < -0.4 is 9.64 Å². The van der Waals surface area contributed by atoms with E-state index in [2.05, 4.69) is 35.9 Å². The van der Waals surface area contributed by atoms with Gasteiger partial charge in [0.2, 0.25) is 11.8 Å². The summed E-state index contributed by atoms with van der Waals surface area (Å²) in [5.41, 5.74) is 3.26. The second-order valence-corrected chi connectivity index (χ2v) is 10.1. The van der Waals surface area contributed by atoms with Gasteiger partial charge < -0.3 is 19.6 Å². The van der Waals surface area contributed by atoms with Crippen LogP contribution in [0.5, 0.6) is 5.88 Å². The summed E-state index contributed by atoms with van der Waals surface area (Å²) < 4.78 is 19.0. The Morgan fingerprint density at radius 1 is 1.11 bits per heavy atom. The number of anilines is 1. The molecule has 0 radical (unpaired) electrons. The molecule has 1 aromatic carbocycles. The van der Waals surface area contributed by atoms with Gasteiger partial charge in [0, 0.05) is 56.9 Å². The SMILES string of the molecule is CCCN(C(=O)C1CCC(Oc2ccc(F)cn2)CC1)c1ccc(CN2CCN(C(=O)O)CC2)c(C)c1. The molecule has 1 aromatic heterocycles. The monoisotopic (exact) mass is 512 g/mol. The van der Waals surface area contributed by atoms with Crippen LogP contribution in [0.4, 0.5) is 14.9 Å². The van der Waals surface area contributed by atoms with E-state index in [1.54, 1.807) is 0 Å². The van der Waals surface area contributed by atoms with Crippen LogP contribution in [0.25, 0.3) is 0 Å². The van der Waals surface area contributed by atoms with Gasteiger partial charge in [-0.3, -0.25) is 9.69 Å². The molecule has 2 aromatic rings. The number of halogens is 1. The lowest BCUT2D eigenvalue weighted by Gasteiger charge is -2.34. The molecule has 200 valence electrons. The summed E-state index contributed by atoms with van der Waals surface area (Å²) in [6.07, 6.45) is 4.20. The topological polar surface area (TPSA) is 86.2 Å². The van der Waals surface area contributed by atoms with E-state index < -0.39 is 6.09 Å². The minimum absolute atomic E-state index is 0.0134. The molecule has 2 heterocycles. The first-order chi connectivity index (χ1) is 17.8. The molecule has 0 unspecified atom stereocenters. The second kappa shape index (κ2) is 12.4. The first-order valence-electron chi connectivity index (χ1n) is 13.2. The number of nitrogens with zero attached hydrogens (tertiary/aromatic N) is 4. The summed E-state index contributed by atoms with van der Waals surface area (Å²) in [6, 6.07) is 9.12. The number of aromatic nitrogens is 1. The summed E-state index contributed by atoms with van der Waals surface area (Å²) in [5, 5.41) is 9.16. The van der Waals surface area contributed by atoms with Crippen molar-refractivity contribution in [1.29, 1.82) is 0 Å². The van der Waals surface area contributed by atoms with Crippen molar-refractivity contribution in [1.82, 2.24) is 14.8 Å². The van der Waals surface area contributed by atoms with Gasteiger partial charge in [-0.15, -0.1) is 0 Å². The Morgan fingerprint density at radius 3 is 2.43 bits per heavy atom. The number of carboxylic acid groups (broad SMARTS) is 1. The Morgan fingerprint density at radius 2 is 1.84 bits per heavy atom. The Kier molecular flexibility index (Phi) is 8.97. The molecular weight excluding hydrogens is 475 g/mol. The molecule has 4 rings (SSSR count). The lowest BCUT2D eigenvalue weighted by Crippen LogP contribution is -2.47. The van der Waals surface area contributed by atoms with E-state index in [1.807, 2.05) is 11.0 Å². The number of carbonyl (C=O) groups is 2. The molecule has 9 heteroatoms. The first kappa shape index (κ1) is 26.9. The summed E-state index contributed by atoms with van der Waals surface area (Å²) in [6.45, 7) is 8.09. The van der Waals surface area contributed by atoms with Crippen LogP contribution in [0.15, 0.2) is 36.5 Å². The third-order valence-corrected chi connectivity index (χ3v) is 7.40. The molecule has 1 N–H and O–H groups in total. The molecule has 2 amide bonds. The number of carbonyl (C=O) groups excluding carboxylic acids is 1. The smallest absolute Gasteiger partial charge is 0.407 e. The molecule has 0 bridgehead atoms. The third kappa shape index (κ3) is 6.97. The van der Waals surface area contributed by atoms with Crippen LogP contribution in [0.3, 0.4) is 0 Å². The van der Waals surface area contributed by atoms with Crippen molar-refractivity contribution in [3.63, 3.8) is 0 Å². The fraction of sp³-hybridized carbons (Fsp3) is 0.536. The van der Waals surface area contributed by atoms with Gasteiger partial charge in [0.05, 0.1) is 6.20 Å². The highest BCUT2D eigenvalue weighted by Crippen LogP contribution is 2.31. The third-order valence-electron chi connectivity index (χ3n) is 7.40. The summed E-state index contributed by atoms with van der Waals surface area (Å²) >= 11 is 0. The molecular formula is C28H37FN4O4. The maximum Gasteiger partial charge on any atom is 0.407 e. The summed E-state index contributed by atoms with van der Waals surface area (Å²) in [5.74, 6) is 0.151.